The molecule has 0 saturated heterocycles. The molecular weight excluding hydrogens is 239 g/mol. The summed E-state index contributed by atoms with van der Waals surface area (Å²) < 4.78 is 5.19. The predicted molar refractivity (Wildman–Crippen MR) is 60.0 cm³/mol. The van der Waals surface area contributed by atoms with Crippen LogP contribution in [-0.4, -0.2) is 29.7 Å². The van der Waals surface area contributed by atoms with E-state index in [0.29, 0.717) is 36.9 Å². The Morgan fingerprint density at radius 1 is 1.20 bits per heavy atom. The highest BCUT2D eigenvalue weighted by Gasteiger charge is 2.08. The first kappa shape index (κ1) is 12.4. The normalized spacial score (nSPS) is 10.6. The van der Waals surface area contributed by atoms with Gasteiger partial charge in [0, 0.05) is 13.0 Å². The van der Waals surface area contributed by atoms with Crippen LogP contribution in [0, 0.1) is 0 Å². The molecule has 0 bridgehead atoms. The summed E-state index contributed by atoms with van der Waals surface area (Å²) in [5, 5.41) is 0.418. The maximum Gasteiger partial charge on any atom is 0.224 e. The lowest BCUT2D eigenvalue weighted by molar-refractivity contribution is 0.144. The zero-order chi connectivity index (χ0) is 11.3. The van der Waals surface area contributed by atoms with Crippen LogP contribution in [0.15, 0.2) is 0 Å². The number of hydrogen-bond acceptors (Lipinski definition) is 5. The molecule has 0 aliphatic heterocycles. The summed E-state index contributed by atoms with van der Waals surface area (Å²) in [5.74, 6) is 0.186. The lowest BCUT2D eigenvalue weighted by Gasteiger charge is -2.06. The van der Waals surface area contributed by atoms with Gasteiger partial charge >= 0.3 is 0 Å². The first-order chi connectivity index (χ1) is 7.15. The lowest BCUT2D eigenvalue weighted by Crippen LogP contribution is -2.11. The van der Waals surface area contributed by atoms with Crippen LogP contribution in [0.1, 0.15) is 5.69 Å². The van der Waals surface area contributed by atoms with Gasteiger partial charge in [-0.25, -0.2) is 4.98 Å². The minimum atomic E-state index is 0.0886. The zero-order valence-corrected chi connectivity index (χ0v) is 9.55. The Morgan fingerprint density at radius 3 is 2.60 bits per heavy atom. The second-order valence-electron chi connectivity index (χ2n) is 2.79. The third kappa shape index (κ3) is 3.79. The Balaban J connectivity index is 2.60. The molecule has 0 unspecified atom stereocenters. The fourth-order valence-corrected chi connectivity index (χ4v) is 1.37. The molecule has 5 nitrogen and oxygen atoms in total. The van der Waals surface area contributed by atoms with E-state index in [0.717, 1.165) is 0 Å². The van der Waals surface area contributed by atoms with Crippen molar-refractivity contribution in [3.8, 4) is 0 Å². The highest BCUT2D eigenvalue weighted by Crippen LogP contribution is 2.22. The average molecular weight is 251 g/mol. The SMILES string of the molecule is NCCOCCc1nc(Cl)nc(N)c1Cl. The zero-order valence-electron chi connectivity index (χ0n) is 8.04. The first-order valence-electron chi connectivity index (χ1n) is 4.40. The summed E-state index contributed by atoms with van der Waals surface area (Å²) in [4.78, 5) is 7.68. The number of nitrogens with zero attached hydrogens (tertiary/aromatic N) is 2. The van der Waals surface area contributed by atoms with Crippen molar-refractivity contribution in [1.29, 1.82) is 0 Å². The monoisotopic (exact) mass is 250 g/mol. The second-order valence-corrected chi connectivity index (χ2v) is 3.51. The van der Waals surface area contributed by atoms with Gasteiger partial charge in [0.1, 0.15) is 10.8 Å². The summed E-state index contributed by atoms with van der Waals surface area (Å²) in [5.41, 5.74) is 11.4. The number of ether oxygens (including phenoxy) is 1. The molecule has 1 aromatic heterocycles. The van der Waals surface area contributed by atoms with E-state index in [4.69, 9.17) is 39.4 Å². The molecule has 0 aliphatic carbocycles. The van der Waals surface area contributed by atoms with Gasteiger partial charge in [-0.2, -0.15) is 4.98 Å². The highest BCUT2D eigenvalue weighted by molar-refractivity contribution is 6.34. The van der Waals surface area contributed by atoms with Crippen LogP contribution in [0.2, 0.25) is 10.3 Å². The van der Waals surface area contributed by atoms with Crippen LogP contribution in [0.5, 0.6) is 0 Å². The maximum atomic E-state index is 5.89. The van der Waals surface area contributed by atoms with Crippen LogP contribution >= 0.6 is 23.2 Å². The molecule has 84 valence electrons. The van der Waals surface area contributed by atoms with Gasteiger partial charge in [0.2, 0.25) is 5.28 Å². The predicted octanol–water partition coefficient (Wildman–Crippen LogP) is 0.883. The summed E-state index contributed by atoms with van der Waals surface area (Å²) in [7, 11) is 0. The van der Waals surface area contributed by atoms with Crippen molar-refractivity contribution >= 4 is 29.0 Å². The number of nitrogen functional groups attached to an aromatic ring is 1. The molecule has 1 aromatic rings. The molecule has 0 saturated carbocycles. The number of aromatic nitrogens is 2. The molecule has 0 fully saturated rings. The van der Waals surface area contributed by atoms with Crippen molar-refractivity contribution in [2.45, 2.75) is 6.42 Å². The van der Waals surface area contributed by atoms with E-state index in [2.05, 4.69) is 9.97 Å². The van der Waals surface area contributed by atoms with Crippen molar-refractivity contribution in [2.75, 3.05) is 25.5 Å². The van der Waals surface area contributed by atoms with E-state index in [1.54, 1.807) is 0 Å². The summed E-state index contributed by atoms with van der Waals surface area (Å²) >= 11 is 11.5. The van der Waals surface area contributed by atoms with Gasteiger partial charge in [-0.3, -0.25) is 0 Å². The Morgan fingerprint density at radius 2 is 1.93 bits per heavy atom. The Kier molecular flexibility index (Phi) is 5.04. The quantitative estimate of drug-likeness (QED) is 0.599. The van der Waals surface area contributed by atoms with Crippen molar-refractivity contribution in [3.63, 3.8) is 0 Å². The van der Waals surface area contributed by atoms with E-state index in [1.165, 1.54) is 0 Å². The molecule has 7 heteroatoms. The average Bonchev–Trinajstić information content (AvgIpc) is 2.19. The van der Waals surface area contributed by atoms with Crippen molar-refractivity contribution < 1.29 is 4.74 Å². The molecule has 15 heavy (non-hydrogen) atoms. The Hall–Kier alpha value is -0.620. The van der Waals surface area contributed by atoms with Gasteiger partial charge in [0.05, 0.1) is 18.9 Å². The number of nitrogens with two attached hydrogens (primary N) is 2. The van der Waals surface area contributed by atoms with Crippen LogP contribution in [-0.2, 0) is 11.2 Å². The van der Waals surface area contributed by atoms with Crippen molar-refractivity contribution in [2.24, 2.45) is 5.73 Å². The minimum Gasteiger partial charge on any atom is -0.382 e. The molecule has 0 radical (unpaired) electrons. The number of rotatable bonds is 5. The van der Waals surface area contributed by atoms with Gasteiger partial charge in [-0.1, -0.05) is 11.6 Å². The van der Waals surface area contributed by atoms with Gasteiger partial charge in [-0.15, -0.1) is 0 Å². The van der Waals surface area contributed by atoms with Crippen LogP contribution in [0.25, 0.3) is 0 Å². The van der Waals surface area contributed by atoms with Crippen molar-refractivity contribution in [1.82, 2.24) is 9.97 Å². The van der Waals surface area contributed by atoms with Gasteiger partial charge in [-0.05, 0) is 11.6 Å². The number of halogens is 2. The van der Waals surface area contributed by atoms with E-state index >= 15 is 0 Å². The fourth-order valence-electron chi connectivity index (χ4n) is 1.00. The standard InChI is InChI=1S/C8H12Cl2N4O/c9-6-5(1-3-15-4-2-11)13-8(10)14-7(6)12/h1-4,11H2,(H2,12,13,14). The first-order valence-corrected chi connectivity index (χ1v) is 5.16. The van der Waals surface area contributed by atoms with Crippen molar-refractivity contribution in [3.05, 3.63) is 16.0 Å². The Bertz CT molecular complexity index is 335. The molecule has 4 N–H and O–H groups in total. The molecule has 0 amide bonds. The van der Waals surface area contributed by atoms with E-state index < -0.39 is 0 Å². The number of hydrogen-bond donors (Lipinski definition) is 2. The van der Waals surface area contributed by atoms with Crippen LogP contribution in [0.3, 0.4) is 0 Å². The minimum absolute atomic E-state index is 0.0886. The molecular formula is C8H12Cl2N4O. The molecule has 1 heterocycles. The fraction of sp³-hybridized carbons (Fsp3) is 0.500. The largest absolute Gasteiger partial charge is 0.382 e. The third-order valence-corrected chi connectivity index (χ3v) is 2.24. The molecule has 0 aliphatic rings. The third-order valence-electron chi connectivity index (χ3n) is 1.66. The summed E-state index contributed by atoms with van der Waals surface area (Å²) in [6.07, 6.45) is 0.533. The second kappa shape index (κ2) is 6.07. The molecule has 1 rings (SSSR count). The van der Waals surface area contributed by atoms with Gasteiger partial charge < -0.3 is 16.2 Å². The lowest BCUT2D eigenvalue weighted by atomic mass is 10.3. The maximum absolute atomic E-state index is 5.89. The molecule has 0 aromatic carbocycles. The van der Waals surface area contributed by atoms with Crippen LogP contribution < -0.4 is 11.5 Å². The smallest absolute Gasteiger partial charge is 0.224 e. The Labute approximate surface area is 97.7 Å². The summed E-state index contributed by atoms with van der Waals surface area (Å²) in [6.45, 7) is 1.47. The van der Waals surface area contributed by atoms with E-state index in [1.807, 2.05) is 0 Å². The number of anilines is 1. The van der Waals surface area contributed by atoms with Crippen LogP contribution in [0.4, 0.5) is 5.82 Å². The van der Waals surface area contributed by atoms with Gasteiger partial charge in [0.15, 0.2) is 0 Å². The van der Waals surface area contributed by atoms with E-state index in [9.17, 15) is 0 Å². The molecule has 0 atom stereocenters. The summed E-state index contributed by atoms with van der Waals surface area (Å²) in [6, 6.07) is 0. The highest BCUT2D eigenvalue weighted by atomic mass is 35.5. The van der Waals surface area contributed by atoms with E-state index in [-0.39, 0.29) is 11.1 Å². The molecule has 0 spiro atoms. The topological polar surface area (TPSA) is 87.0 Å². The van der Waals surface area contributed by atoms with Gasteiger partial charge in [0.25, 0.3) is 0 Å².